The number of nitrogens with zero attached hydrogens (tertiary/aromatic N) is 4. The molecule has 1 aromatic carbocycles. The van der Waals surface area contributed by atoms with E-state index in [9.17, 15) is 18.0 Å². The first-order chi connectivity index (χ1) is 14.3. The fraction of sp³-hybridized carbons (Fsp3) is 0.579. The lowest BCUT2D eigenvalue weighted by Gasteiger charge is -2.44. The van der Waals surface area contributed by atoms with Gasteiger partial charge in [0.25, 0.3) is 5.95 Å². The average Bonchev–Trinajstić information content (AvgIpc) is 3.19. The Bertz CT molecular complexity index is 931. The average molecular weight is 441 g/mol. The van der Waals surface area contributed by atoms with E-state index >= 15 is 0 Å². The molecule has 2 saturated heterocycles. The molecule has 0 radical (unpaired) electrons. The Morgan fingerprint density at radius 1 is 1.20 bits per heavy atom. The van der Waals surface area contributed by atoms with Gasteiger partial charge in [-0.2, -0.15) is 18.4 Å². The van der Waals surface area contributed by atoms with Gasteiger partial charge in [0, 0.05) is 17.1 Å². The second kappa shape index (κ2) is 6.83. The third-order valence-electron chi connectivity index (χ3n) is 6.79. The molecule has 7 nitrogen and oxygen atoms in total. The first-order valence-electron chi connectivity index (χ1n) is 9.95. The fourth-order valence-electron chi connectivity index (χ4n) is 5.16. The molecule has 30 heavy (non-hydrogen) atoms. The number of carbonyl (C=O) groups excluding carboxylic acids is 1. The number of hydrogen-bond donors (Lipinski definition) is 2. The number of carbonyl (C=O) groups is 1. The van der Waals surface area contributed by atoms with Gasteiger partial charge in [-0.05, 0) is 55.0 Å². The molecule has 1 saturated carbocycles. The van der Waals surface area contributed by atoms with Gasteiger partial charge in [-0.1, -0.05) is 28.8 Å². The van der Waals surface area contributed by atoms with Crippen molar-refractivity contribution >= 4 is 23.5 Å². The number of amides is 1. The molecule has 5 rings (SSSR count). The Morgan fingerprint density at radius 3 is 2.50 bits per heavy atom. The minimum atomic E-state index is -4.38. The van der Waals surface area contributed by atoms with Crippen LogP contribution < -0.4 is 10.2 Å². The van der Waals surface area contributed by atoms with Crippen LogP contribution >= 0.6 is 11.6 Å². The van der Waals surface area contributed by atoms with E-state index in [4.69, 9.17) is 11.6 Å². The number of anilines is 1. The van der Waals surface area contributed by atoms with Crippen LogP contribution in [0, 0.1) is 5.92 Å². The maximum Gasteiger partial charge on any atom is 0.393 e. The van der Waals surface area contributed by atoms with Crippen molar-refractivity contribution in [1.29, 1.82) is 0 Å². The van der Waals surface area contributed by atoms with Crippen molar-refractivity contribution in [2.45, 2.75) is 61.8 Å². The Balaban J connectivity index is 1.42. The number of halogens is 4. The molecule has 3 fully saturated rings. The molecule has 2 bridgehead atoms. The van der Waals surface area contributed by atoms with E-state index in [-0.39, 0.29) is 24.3 Å². The zero-order valence-corrected chi connectivity index (χ0v) is 16.6. The molecular formula is C19H20ClF3N6O. The van der Waals surface area contributed by atoms with Crippen LogP contribution in [-0.4, -0.2) is 50.8 Å². The van der Waals surface area contributed by atoms with Crippen LogP contribution in [0.1, 0.15) is 37.7 Å². The molecule has 11 heteroatoms. The Labute approximate surface area is 175 Å². The van der Waals surface area contributed by atoms with E-state index in [2.05, 4.69) is 25.9 Å². The lowest BCUT2D eigenvalue weighted by atomic mass is 9.85. The number of rotatable bonds is 4. The number of piperidine rings is 1. The summed E-state index contributed by atoms with van der Waals surface area (Å²) in [5, 5.41) is 17.2. The highest BCUT2D eigenvalue weighted by molar-refractivity contribution is 6.30. The van der Waals surface area contributed by atoms with Crippen molar-refractivity contribution < 1.29 is 18.0 Å². The van der Waals surface area contributed by atoms with Gasteiger partial charge in [0.1, 0.15) is 0 Å². The predicted molar refractivity (Wildman–Crippen MR) is 102 cm³/mol. The molecule has 3 heterocycles. The minimum Gasteiger partial charge on any atom is -0.351 e. The van der Waals surface area contributed by atoms with Gasteiger partial charge in [0.2, 0.25) is 5.91 Å². The summed E-state index contributed by atoms with van der Waals surface area (Å²) < 4.78 is 41.6. The molecule has 1 amide bonds. The van der Waals surface area contributed by atoms with Crippen LogP contribution in [-0.2, 0) is 10.2 Å². The van der Waals surface area contributed by atoms with Gasteiger partial charge in [-0.25, -0.2) is 0 Å². The summed E-state index contributed by atoms with van der Waals surface area (Å²) in [5.74, 6) is -1.64. The fourth-order valence-corrected chi connectivity index (χ4v) is 5.29. The van der Waals surface area contributed by atoms with Gasteiger partial charge in [0.15, 0.2) is 0 Å². The quantitative estimate of drug-likeness (QED) is 0.763. The first-order valence-corrected chi connectivity index (χ1v) is 10.3. The number of tetrazole rings is 1. The summed E-state index contributed by atoms with van der Waals surface area (Å²) in [5.41, 5.74) is 0.150. The molecular weight excluding hydrogens is 421 g/mol. The third kappa shape index (κ3) is 3.12. The van der Waals surface area contributed by atoms with Crippen molar-refractivity contribution in [2.24, 2.45) is 5.92 Å². The SMILES string of the molecule is O=C(N[C@@H]1C[C@@H](C(F)(F)F)[C@@H]2CC[C@H]1N2c1nn[nH]n1)C1(c2ccc(Cl)cc2)CC1. The molecule has 4 atom stereocenters. The van der Waals surface area contributed by atoms with Crippen LogP contribution in [0.25, 0.3) is 0 Å². The van der Waals surface area contributed by atoms with Gasteiger partial charge >= 0.3 is 6.18 Å². The number of aromatic amines is 1. The summed E-state index contributed by atoms with van der Waals surface area (Å²) in [6.07, 6.45) is -2.29. The van der Waals surface area contributed by atoms with Gasteiger partial charge < -0.3 is 10.2 Å². The molecule has 160 valence electrons. The van der Waals surface area contributed by atoms with E-state index < -0.39 is 29.6 Å². The molecule has 2 aromatic rings. The highest BCUT2D eigenvalue weighted by Gasteiger charge is 2.59. The van der Waals surface area contributed by atoms with Crippen LogP contribution in [0.3, 0.4) is 0 Å². The van der Waals surface area contributed by atoms with Crippen LogP contribution in [0.2, 0.25) is 5.02 Å². The number of benzene rings is 1. The van der Waals surface area contributed by atoms with Gasteiger partial charge in [0.05, 0.1) is 17.4 Å². The first kappa shape index (κ1) is 19.6. The largest absolute Gasteiger partial charge is 0.393 e. The Hall–Kier alpha value is -2.36. The summed E-state index contributed by atoms with van der Waals surface area (Å²) in [7, 11) is 0. The Morgan fingerprint density at radius 2 is 1.90 bits per heavy atom. The summed E-state index contributed by atoms with van der Waals surface area (Å²) in [6, 6.07) is 5.39. The van der Waals surface area contributed by atoms with E-state index in [1.165, 1.54) is 0 Å². The number of aromatic nitrogens is 4. The van der Waals surface area contributed by atoms with Crippen LogP contribution in [0.15, 0.2) is 24.3 Å². The van der Waals surface area contributed by atoms with E-state index in [0.29, 0.717) is 30.7 Å². The van der Waals surface area contributed by atoms with Crippen molar-refractivity contribution in [3.8, 4) is 0 Å². The van der Waals surface area contributed by atoms with Gasteiger partial charge in [-0.3, -0.25) is 4.79 Å². The molecule has 2 aliphatic heterocycles. The number of fused-ring (bicyclic) bond motifs is 2. The maximum absolute atomic E-state index is 13.9. The van der Waals surface area contributed by atoms with Gasteiger partial charge in [-0.15, -0.1) is 5.10 Å². The normalized spacial score (nSPS) is 29.7. The van der Waals surface area contributed by atoms with Crippen LogP contribution in [0.4, 0.5) is 19.1 Å². The predicted octanol–water partition coefficient (Wildman–Crippen LogP) is 2.99. The number of H-pyrrole nitrogens is 1. The smallest absolute Gasteiger partial charge is 0.351 e. The lowest BCUT2D eigenvalue weighted by Crippen LogP contribution is -2.61. The van der Waals surface area contributed by atoms with Crippen molar-refractivity contribution in [3.63, 3.8) is 0 Å². The zero-order valence-electron chi connectivity index (χ0n) is 15.9. The van der Waals surface area contributed by atoms with Crippen molar-refractivity contribution in [1.82, 2.24) is 25.9 Å². The molecule has 3 aliphatic rings. The maximum atomic E-state index is 13.9. The summed E-state index contributed by atoms with van der Waals surface area (Å²) in [6.45, 7) is 0. The zero-order chi connectivity index (χ0) is 21.1. The van der Waals surface area contributed by atoms with E-state index in [1.54, 1.807) is 17.0 Å². The van der Waals surface area contributed by atoms with Crippen molar-refractivity contribution in [2.75, 3.05) is 4.90 Å². The molecule has 0 spiro atoms. The molecule has 2 N–H and O–H groups in total. The standard InChI is InChI=1S/C19H20ClF3N6O/c20-11-3-1-10(2-4-11)18(7-8-18)16(30)24-13-9-12(19(21,22)23)14-5-6-15(13)29(14)17-25-27-28-26-17/h1-4,12-15H,5-9H2,(H,24,30)(H,25,26,27,28)/t12-,13-,14+,15-/m1/s1. The lowest BCUT2D eigenvalue weighted by molar-refractivity contribution is -0.186. The number of hydrogen-bond acceptors (Lipinski definition) is 5. The van der Waals surface area contributed by atoms with E-state index in [1.807, 2.05) is 12.1 Å². The third-order valence-corrected chi connectivity index (χ3v) is 7.05. The number of nitrogens with one attached hydrogen (secondary N) is 2. The highest BCUT2D eigenvalue weighted by atomic mass is 35.5. The number of alkyl halides is 3. The topological polar surface area (TPSA) is 86.8 Å². The highest BCUT2D eigenvalue weighted by Crippen LogP contribution is 2.50. The molecule has 1 aromatic heterocycles. The summed E-state index contributed by atoms with van der Waals surface area (Å²) >= 11 is 5.95. The molecule has 1 aliphatic carbocycles. The minimum absolute atomic E-state index is 0.143. The van der Waals surface area contributed by atoms with Crippen LogP contribution in [0.5, 0.6) is 0 Å². The summed E-state index contributed by atoms with van der Waals surface area (Å²) in [4.78, 5) is 14.8. The van der Waals surface area contributed by atoms with Crippen molar-refractivity contribution in [3.05, 3.63) is 34.9 Å². The monoisotopic (exact) mass is 440 g/mol. The Kier molecular flexibility index (Phi) is 4.46. The van der Waals surface area contributed by atoms with E-state index in [0.717, 1.165) is 5.56 Å². The second-order valence-electron chi connectivity index (χ2n) is 8.38. The second-order valence-corrected chi connectivity index (χ2v) is 8.82. The molecule has 0 unspecified atom stereocenters.